The van der Waals surface area contributed by atoms with E-state index >= 15 is 0 Å². The highest BCUT2D eigenvalue weighted by Gasteiger charge is 2.42. The molecule has 2 amide bonds. The highest BCUT2D eigenvalue weighted by Crippen LogP contribution is 2.42. The molecule has 7 nitrogen and oxygen atoms in total. The quantitative estimate of drug-likeness (QED) is 0.743. The second-order valence-corrected chi connectivity index (χ2v) is 9.82. The summed E-state index contributed by atoms with van der Waals surface area (Å²) in [5, 5.41) is 12.0. The highest BCUT2D eigenvalue weighted by atomic mass is 32.2. The van der Waals surface area contributed by atoms with Crippen LogP contribution in [0, 0.1) is 11.3 Å². The van der Waals surface area contributed by atoms with E-state index in [9.17, 15) is 27.7 Å². The molecule has 0 saturated heterocycles. The molecular weight excluding hydrogens is 433 g/mol. The number of carbonyl (C=O) groups excluding carboxylic acids is 2. The summed E-state index contributed by atoms with van der Waals surface area (Å²) in [4.78, 5) is 27.3. The van der Waals surface area contributed by atoms with Crippen LogP contribution in [-0.4, -0.2) is 26.0 Å². The molecule has 9 heteroatoms. The fourth-order valence-corrected chi connectivity index (χ4v) is 5.32. The van der Waals surface area contributed by atoms with Crippen LogP contribution in [0.1, 0.15) is 42.5 Å². The SMILES string of the molecule is CCS(=O)(=O)c1cc(C#N)ccc1C1NC(=O)N(c2cccc(CF)c2)C2=C1C(=O)CC2. The molecule has 0 bridgehead atoms. The summed E-state index contributed by atoms with van der Waals surface area (Å²) in [6.07, 6.45) is 0.492. The van der Waals surface area contributed by atoms with Gasteiger partial charge in [0.15, 0.2) is 15.6 Å². The smallest absolute Gasteiger partial charge is 0.326 e. The van der Waals surface area contributed by atoms with Crippen LogP contribution in [0.3, 0.4) is 0 Å². The number of allylic oxidation sites excluding steroid dienone is 1. The van der Waals surface area contributed by atoms with Crippen LogP contribution < -0.4 is 10.2 Å². The molecule has 1 N–H and O–H groups in total. The maximum atomic E-state index is 13.2. The summed E-state index contributed by atoms with van der Waals surface area (Å²) in [6.45, 7) is 0.795. The molecule has 32 heavy (non-hydrogen) atoms. The first-order valence-electron chi connectivity index (χ1n) is 10.1. The highest BCUT2D eigenvalue weighted by molar-refractivity contribution is 7.91. The largest absolute Gasteiger partial charge is 0.327 e. The first kappa shape index (κ1) is 21.7. The Morgan fingerprint density at radius 3 is 2.66 bits per heavy atom. The van der Waals surface area contributed by atoms with Gasteiger partial charge < -0.3 is 5.32 Å². The third-order valence-corrected chi connectivity index (χ3v) is 7.51. The van der Waals surface area contributed by atoms with E-state index in [1.807, 2.05) is 6.07 Å². The summed E-state index contributed by atoms with van der Waals surface area (Å²) < 4.78 is 38.7. The normalized spacial score (nSPS) is 18.4. The van der Waals surface area contributed by atoms with Crippen molar-refractivity contribution < 1.29 is 22.4 Å². The van der Waals surface area contributed by atoms with E-state index in [4.69, 9.17) is 0 Å². The lowest BCUT2D eigenvalue weighted by molar-refractivity contribution is -0.115. The van der Waals surface area contributed by atoms with Gasteiger partial charge in [0, 0.05) is 17.7 Å². The van der Waals surface area contributed by atoms with Crippen molar-refractivity contribution in [3.8, 4) is 6.07 Å². The maximum absolute atomic E-state index is 13.2. The van der Waals surface area contributed by atoms with E-state index in [1.54, 1.807) is 24.3 Å². The standard InChI is InChI=1S/C23H20FN3O4S/c1-2-32(30,31)20-11-15(13-25)6-7-17(20)22-21-18(8-9-19(21)28)27(23(29)26-22)16-5-3-4-14(10-16)12-24/h3-7,10-11,22H,2,8-9,12H2,1H3,(H,26,29). The fourth-order valence-electron chi connectivity index (χ4n) is 4.16. The van der Waals surface area contributed by atoms with Crippen LogP contribution in [0.2, 0.25) is 0 Å². The van der Waals surface area contributed by atoms with Crippen LogP contribution >= 0.6 is 0 Å². The number of benzene rings is 2. The maximum Gasteiger partial charge on any atom is 0.327 e. The van der Waals surface area contributed by atoms with Gasteiger partial charge in [0.1, 0.15) is 6.67 Å². The van der Waals surface area contributed by atoms with Gasteiger partial charge >= 0.3 is 6.03 Å². The molecule has 2 aliphatic rings. The number of amides is 2. The summed E-state index contributed by atoms with van der Waals surface area (Å²) in [7, 11) is -3.74. The number of anilines is 1. The average Bonchev–Trinajstić information content (AvgIpc) is 3.19. The second-order valence-electron chi connectivity index (χ2n) is 7.57. The average molecular weight is 453 g/mol. The van der Waals surface area contributed by atoms with Gasteiger partial charge in [-0.3, -0.25) is 9.69 Å². The van der Waals surface area contributed by atoms with Crippen molar-refractivity contribution in [2.24, 2.45) is 0 Å². The van der Waals surface area contributed by atoms with Crippen molar-refractivity contribution in [3.63, 3.8) is 0 Å². The first-order chi connectivity index (χ1) is 15.3. The molecule has 0 radical (unpaired) electrons. The molecular formula is C23H20FN3O4S. The van der Waals surface area contributed by atoms with Gasteiger partial charge in [0.25, 0.3) is 0 Å². The van der Waals surface area contributed by atoms with E-state index in [0.29, 0.717) is 28.9 Å². The molecule has 1 heterocycles. The van der Waals surface area contributed by atoms with Gasteiger partial charge in [-0.1, -0.05) is 25.1 Å². The Kier molecular flexibility index (Phi) is 5.57. The van der Waals surface area contributed by atoms with Crippen molar-refractivity contribution in [2.75, 3.05) is 10.7 Å². The van der Waals surface area contributed by atoms with Gasteiger partial charge in [-0.15, -0.1) is 0 Å². The Bertz CT molecular complexity index is 1310. The molecule has 0 saturated carbocycles. The topological polar surface area (TPSA) is 107 Å². The van der Waals surface area contributed by atoms with Crippen molar-refractivity contribution >= 4 is 27.3 Å². The van der Waals surface area contributed by atoms with E-state index < -0.39 is 28.6 Å². The lowest BCUT2D eigenvalue weighted by Crippen LogP contribution is -2.47. The third-order valence-electron chi connectivity index (χ3n) is 5.72. The molecule has 2 aromatic rings. The number of rotatable bonds is 5. The molecule has 0 aromatic heterocycles. The van der Waals surface area contributed by atoms with Crippen molar-refractivity contribution in [2.45, 2.75) is 37.4 Å². The zero-order valence-corrected chi connectivity index (χ0v) is 18.1. The van der Waals surface area contributed by atoms with Gasteiger partial charge in [0.05, 0.1) is 34.0 Å². The lowest BCUT2D eigenvalue weighted by Gasteiger charge is -2.35. The Morgan fingerprint density at radius 1 is 1.19 bits per heavy atom. The lowest BCUT2D eigenvalue weighted by atomic mass is 9.94. The summed E-state index contributed by atoms with van der Waals surface area (Å²) >= 11 is 0. The van der Waals surface area contributed by atoms with Gasteiger partial charge in [0.2, 0.25) is 0 Å². The Morgan fingerprint density at radius 2 is 1.97 bits per heavy atom. The zero-order chi connectivity index (χ0) is 23.0. The Balaban J connectivity index is 1.90. The summed E-state index contributed by atoms with van der Waals surface area (Å²) in [5.74, 6) is -0.391. The number of alkyl halides is 1. The third kappa shape index (κ3) is 3.56. The van der Waals surface area contributed by atoms with E-state index in [0.717, 1.165) is 0 Å². The minimum atomic E-state index is -3.74. The van der Waals surface area contributed by atoms with E-state index in [1.165, 1.54) is 30.0 Å². The second kappa shape index (κ2) is 8.20. The molecule has 1 atom stereocenters. The number of nitrogens with zero attached hydrogens (tertiary/aromatic N) is 2. The molecule has 164 valence electrons. The number of halogens is 1. The number of ketones is 1. The van der Waals surface area contributed by atoms with Crippen LogP contribution in [0.5, 0.6) is 0 Å². The molecule has 4 rings (SSSR count). The minimum Gasteiger partial charge on any atom is -0.326 e. The number of sulfone groups is 1. The fraction of sp³-hybridized carbons (Fsp3) is 0.261. The number of nitrogens with one attached hydrogen (secondary N) is 1. The molecule has 1 unspecified atom stereocenters. The van der Waals surface area contributed by atoms with Crippen LogP contribution in [-0.2, 0) is 21.3 Å². The summed E-state index contributed by atoms with van der Waals surface area (Å²) in [6, 6.07) is 11.1. The summed E-state index contributed by atoms with van der Waals surface area (Å²) in [5.41, 5.74) is 2.03. The minimum absolute atomic E-state index is 0.0798. The van der Waals surface area contributed by atoms with Crippen LogP contribution in [0.4, 0.5) is 14.9 Å². The van der Waals surface area contributed by atoms with Crippen LogP contribution in [0.15, 0.2) is 58.6 Å². The monoisotopic (exact) mass is 453 g/mol. The number of Topliss-reactive ketones (excluding diaryl/α,β-unsaturated/α-hetero) is 1. The molecule has 1 aliphatic carbocycles. The number of carbonyl (C=O) groups is 2. The van der Waals surface area contributed by atoms with Crippen molar-refractivity contribution in [3.05, 3.63) is 70.4 Å². The molecule has 0 spiro atoms. The molecule has 1 aliphatic heterocycles. The Hall–Kier alpha value is -3.51. The predicted molar refractivity (Wildman–Crippen MR) is 115 cm³/mol. The van der Waals surface area contributed by atoms with Gasteiger partial charge in [-0.05, 0) is 41.8 Å². The van der Waals surface area contributed by atoms with Crippen molar-refractivity contribution in [1.82, 2.24) is 5.32 Å². The van der Waals surface area contributed by atoms with E-state index in [-0.39, 0.29) is 34.0 Å². The predicted octanol–water partition coefficient (Wildman–Crippen LogP) is 3.71. The molecule has 0 fully saturated rings. The number of urea groups is 1. The number of nitriles is 1. The van der Waals surface area contributed by atoms with E-state index in [2.05, 4.69) is 5.32 Å². The van der Waals surface area contributed by atoms with Gasteiger partial charge in [-0.25, -0.2) is 17.6 Å². The zero-order valence-electron chi connectivity index (χ0n) is 17.3. The number of hydrogen-bond donors (Lipinski definition) is 1. The van der Waals surface area contributed by atoms with Gasteiger partial charge in [-0.2, -0.15) is 5.26 Å². The molecule has 2 aromatic carbocycles. The van der Waals surface area contributed by atoms with Crippen molar-refractivity contribution in [1.29, 1.82) is 5.26 Å². The first-order valence-corrected chi connectivity index (χ1v) is 11.7. The Labute approximate surface area is 185 Å². The van der Waals surface area contributed by atoms with Crippen LogP contribution in [0.25, 0.3) is 0 Å². The number of hydrogen-bond acceptors (Lipinski definition) is 5.